The van der Waals surface area contributed by atoms with Gasteiger partial charge in [0.15, 0.2) is 0 Å². The lowest BCUT2D eigenvalue weighted by molar-refractivity contribution is 0.00477. The molecule has 0 aromatic rings. The minimum absolute atomic E-state index is 0.211. The van der Waals surface area contributed by atoms with Gasteiger partial charge in [-0.2, -0.15) is 0 Å². The zero-order valence-electron chi connectivity index (χ0n) is 15.9. The molecule has 0 radical (unpaired) electrons. The largest absolute Gasteiger partial charge is 0.381 e. The van der Waals surface area contributed by atoms with Crippen LogP contribution in [0.5, 0.6) is 0 Å². The Hall–Kier alpha value is -0.200. The normalized spacial score (nSPS) is 33.9. The van der Waals surface area contributed by atoms with Crippen LogP contribution in [0.25, 0.3) is 0 Å². The van der Waals surface area contributed by atoms with Gasteiger partial charge in [0.1, 0.15) is 0 Å². The number of ether oxygens (including phenoxy) is 2. The number of piperidine rings is 1. The number of hydrogen-bond acceptors (Lipinski definition) is 5. The van der Waals surface area contributed by atoms with E-state index in [-0.39, 0.29) is 5.54 Å². The van der Waals surface area contributed by atoms with Crippen molar-refractivity contribution in [3.05, 3.63) is 0 Å². The van der Waals surface area contributed by atoms with Gasteiger partial charge in [-0.25, -0.2) is 0 Å². The van der Waals surface area contributed by atoms with Gasteiger partial charge < -0.3 is 20.1 Å². The topological polar surface area (TPSA) is 45.8 Å². The molecule has 2 heterocycles. The highest BCUT2D eigenvalue weighted by Crippen LogP contribution is 2.30. The highest BCUT2D eigenvalue weighted by molar-refractivity contribution is 4.95. The van der Waals surface area contributed by atoms with Crippen LogP contribution in [0.15, 0.2) is 0 Å². The molecule has 0 amide bonds. The van der Waals surface area contributed by atoms with Crippen LogP contribution in [0.4, 0.5) is 0 Å². The number of likely N-dealkylation sites (tertiary alicyclic amines) is 1. The second-order valence-electron chi connectivity index (χ2n) is 8.45. The Morgan fingerprint density at radius 1 is 1.21 bits per heavy atom. The molecular formula is C19H37N3O2. The fourth-order valence-corrected chi connectivity index (χ4v) is 4.77. The second-order valence-corrected chi connectivity index (χ2v) is 8.45. The summed E-state index contributed by atoms with van der Waals surface area (Å²) in [6.45, 7) is 10.9. The van der Waals surface area contributed by atoms with E-state index in [0.29, 0.717) is 18.2 Å². The van der Waals surface area contributed by atoms with E-state index in [4.69, 9.17) is 9.47 Å². The van der Waals surface area contributed by atoms with Crippen molar-refractivity contribution in [3.8, 4) is 0 Å². The molecule has 2 aliphatic heterocycles. The van der Waals surface area contributed by atoms with Crippen LogP contribution >= 0.6 is 0 Å². The molecule has 2 N–H and O–H groups in total. The van der Waals surface area contributed by atoms with Crippen molar-refractivity contribution in [2.75, 3.05) is 46.5 Å². The SMILES string of the molecule is COC1CCN(C(C)(C)CNC2CCCC2C2COCCN2)CC1. The maximum absolute atomic E-state index is 5.69. The molecule has 3 rings (SSSR count). The smallest absolute Gasteiger partial charge is 0.0623 e. The Kier molecular flexibility index (Phi) is 6.55. The molecular weight excluding hydrogens is 302 g/mol. The summed E-state index contributed by atoms with van der Waals surface area (Å²) >= 11 is 0. The average Bonchev–Trinajstić information content (AvgIpc) is 3.09. The third-order valence-electron chi connectivity index (χ3n) is 6.46. The van der Waals surface area contributed by atoms with Gasteiger partial charge in [-0.15, -0.1) is 0 Å². The van der Waals surface area contributed by atoms with Crippen molar-refractivity contribution in [3.63, 3.8) is 0 Å². The van der Waals surface area contributed by atoms with Gasteiger partial charge in [-0.3, -0.25) is 4.90 Å². The molecule has 140 valence electrons. The Morgan fingerprint density at radius 3 is 2.67 bits per heavy atom. The molecule has 2 saturated heterocycles. The first-order valence-corrected chi connectivity index (χ1v) is 9.92. The molecule has 0 bridgehead atoms. The maximum atomic E-state index is 5.69. The van der Waals surface area contributed by atoms with Crippen molar-refractivity contribution in [2.24, 2.45) is 5.92 Å². The number of hydrogen-bond donors (Lipinski definition) is 2. The number of methoxy groups -OCH3 is 1. The molecule has 0 spiro atoms. The maximum Gasteiger partial charge on any atom is 0.0623 e. The fraction of sp³-hybridized carbons (Fsp3) is 1.00. The lowest BCUT2D eigenvalue weighted by atomic mass is 9.92. The van der Waals surface area contributed by atoms with Crippen molar-refractivity contribution in [2.45, 2.75) is 69.7 Å². The average molecular weight is 340 g/mol. The first kappa shape index (κ1) is 18.6. The summed E-state index contributed by atoms with van der Waals surface area (Å²) in [7, 11) is 1.84. The lowest BCUT2D eigenvalue weighted by Gasteiger charge is -2.44. The predicted octanol–water partition coefficient (Wildman–Crippen LogP) is 1.62. The summed E-state index contributed by atoms with van der Waals surface area (Å²) < 4.78 is 11.2. The summed E-state index contributed by atoms with van der Waals surface area (Å²) in [5.41, 5.74) is 0.211. The molecule has 1 saturated carbocycles. The molecule has 5 nitrogen and oxygen atoms in total. The number of nitrogens with zero attached hydrogens (tertiary/aromatic N) is 1. The number of rotatable bonds is 6. The molecule has 3 unspecified atom stereocenters. The van der Waals surface area contributed by atoms with Gasteiger partial charge in [0.05, 0.1) is 19.3 Å². The highest BCUT2D eigenvalue weighted by Gasteiger charge is 2.36. The summed E-state index contributed by atoms with van der Waals surface area (Å²) in [6.07, 6.45) is 6.77. The van der Waals surface area contributed by atoms with E-state index in [9.17, 15) is 0 Å². The molecule has 1 aliphatic carbocycles. The summed E-state index contributed by atoms with van der Waals surface area (Å²) in [5.74, 6) is 0.723. The number of nitrogens with one attached hydrogen (secondary N) is 2. The van der Waals surface area contributed by atoms with E-state index < -0.39 is 0 Å². The summed E-state index contributed by atoms with van der Waals surface area (Å²) in [5, 5.41) is 7.60. The Morgan fingerprint density at radius 2 is 2.00 bits per heavy atom. The van der Waals surface area contributed by atoms with Crippen LogP contribution in [0.3, 0.4) is 0 Å². The molecule has 3 atom stereocenters. The van der Waals surface area contributed by atoms with Crippen LogP contribution < -0.4 is 10.6 Å². The number of morpholine rings is 1. The Balaban J connectivity index is 1.48. The van der Waals surface area contributed by atoms with Crippen LogP contribution in [0.1, 0.15) is 46.0 Å². The van der Waals surface area contributed by atoms with Crippen LogP contribution in [0, 0.1) is 5.92 Å². The zero-order chi connectivity index (χ0) is 17.0. The first-order valence-electron chi connectivity index (χ1n) is 9.92. The monoisotopic (exact) mass is 339 g/mol. The minimum Gasteiger partial charge on any atom is -0.381 e. The van der Waals surface area contributed by atoms with E-state index >= 15 is 0 Å². The molecule has 3 fully saturated rings. The van der Waals surface area contributed by atoms with Gasteiger partial charge in [0.2, 0.25) is 0 Å². The lowest BCUT2D eigenvalue weighted by Crippen LogP contribution is -2.57. The van der Waals surface area contributed by atoms with E-state index in [2.05, 4.69) is 29.4 Å². The summed E-state index contributed by atoms with van der Waals surface area (Å²) in [4.78, 5) is 2.64. The molecule has 0 aromatic carbocycles. The molecule has 24 heavy (non-hydrogen) atoms. The van der Waals surface area contributed by atoms with E-state index in [1.54, 1.807) is 0 Å². The van der Waals surface area contributed by atoms with Gasteiger partial charge in [0, 0.05) is 50.9 Å². The van der Waals surface area contributed by atoms with Crippen molar-refractivity contribution >= 4 is 0 Å². The molecule has 3 aliphatic rings. The standard InChI is InChI=1S/C19H37N3O2/c1-19(2,22-10-7-15(23-3)8-11-22)14-21-17-6-4-5-16(17)18-13-24-12-9-20-18/h15-18,20-21H,4-14H2,1-3H3. The van der Waals surface area contributed by atoms with E-state index in [1.807, 2.05) is 7.11 Å². The van der Waals surface area contributed by atoms with Gasteiger partial charge in [-0.1, -0.05) is 6.42 Å². The Labute approximate surface area is 147 Å². The molecule has 0 aromatic heterocycles. The highest BCUT2D eigenvalue weighted by atomic mass is 16.5. The second kappa shape index (κ2) is 8.45. The van der Waals surface area contributed by atoms with Gasteiger partial charge in [-0.05, 0) is 45.4 Å². The summed E-state index contributed by atoms with van der Waals surface area (Å²) in [6, 6.07) is 1.18. The van der Waals surface area contributed by atoms with Crippen LogP contribution in [-0.4, -0.2) is 75.1 Å². The van der Waals surface area contributed by atoms with Gasteiger partial charge in [0.25, 0.3) is 0 Å². The van der Waals surface area contributed by atoms with Gasteiger partial charge >= 0.3 is 0 Å². The fourth-order valence-electron chi connectivity index (χ4n) is 4.77. The van der Waals surface area contributed by atoms with Crippen LogP contribution in [0.2, 0.25) is 0 Å². The van der Waals surface area contributed by atoms with Crippen LogP contribution in [-0.2, 0) is 9.47 Å². The minimum atomic E-state index is 0.211. The van der Waals surface area contributed by atoms with E-state index in [0.717, 1.165) is 58.2 Å². The third-order valence-corrected chi connectivity index (χ3v) is 6.46. The molecule has 5 heteroatoms. The quantitative estimate of drug-likeness (QED) is 0.770. The van der Waals surface area contributed by atoms with Crippen molar-refractivity contribution in [1.29, 1.82) is 0 Å². The Bertz CT molecular complexity index is 377. The van der Waals surface area contributed by atoms with Crippen molar-refractivity contribution < 1.29 is 9.47 Å². The first-order chi connectivity index (χ1) is 11.6. The predicted molar refractivity (Wildman–Crippen MR) is 97.4 cm³/mol. The zero-order valence-corrected chi connectivity index (χ0v) is 15.9. The van der Waals surface area contributed by atoms with E-state index in [1.165, 1.54) is 19.3 Å². The van der Waals surface area contributed by atoms with Crippen molar-refractivity contribution in [1.82, 2.24) is 15.5 Å². The third kappa shape index (κ3) is 4.50.